The molecule has 0 aliphatic carbocycles. The van der Waals surface area contributed by atoms with E-state index in [9.17, 15) is 4.79 Å². The second-order valence-corrected chi connectivity index (χ2v) is 5.82. The van der Waals surface area contributed by atoms with Crippen molar-refractivity contribution in [1.82, 2.24) is 0 Å². The fourth-order valence-electron chi connectivity index (χ4n) is 2.24. The number of carbonyl (C=O) groups is 1. The molecule has 0 amide bonds. The number of rotatable bonds is 11. The lowest BCUT2D eigenvalue weighted by Crippen LogP contribution is -2.01. The number of epoxide rings is 1. The van der Waals surface area contributed by atoms with Crippen molar-refractivity contribution in [1.29, 1.82) is 0 Å². The Balaban J connectivity index is 2.02. The molecule has 1 aliphatic heterocycles. The van der Waals surface area contributed by atoms with E-state index in [2.05, 4.69) is 35.7 Å². The molecule has 3 nitrogen and oxygen atoms in total. The summed E-state index contributed by atoms with van der Waals surface area (Å²) in [5.41, 5.74) is 0. The van der Waals surface area contributed by atoms with Crippen molar-refractivity contribution in [2.45, 2.75) is 70.5 Å². The van der Waals surface area contributed by atoms with Gasteiger partial charge in [0, 0.05) is 19.3 Å². The van der Waals surface area contributed by atoms with Gasteiger partial charge in [-0.2, -0.15) is 0 Å². The third kappa shape index (κ3) is 10.9. The van der Waals surface area contributed by atoms with Crippen LogP contribution in [0.15, 0.2) is 36.5 Å². The molecule has 3 heteroatoms. The number of carbonyl (C=O) groups excluding carboxylic acids is 1. The van der Waals surface area contributed by atoms with Crippen LogP contribution in [0, 0.1) is 11.8 Å². The van der Waals surface area contributed by atoms with E-state index in [4.69, 9.17) is 4.74 Å². The van der Waals surface area contributed by atoms with Gasteiger partial charge in [0.25, 0.3) is 0 Å². The molecular formula is C21H30O3. The molecule has 0 unspecified atom stereocenters. The monoisotopic (exact) mass is 330 g/mol. The van der Waals surface area contributed by atoms with Crippen LogP contribution >= 0.6 is 0 Å². The van der Waals surface area contributed by atoms with Crippen molar-refractivity contribution in [3.8, 4) is 11.8 Å². The van der Waals surface area contributed by atoms with E-state index in [0.29, 0.717) is 6.42 Å². The Morgan fingerprint density at radius 1 is 1.12 bits per heavy atom. The van der Waals surface area contributed by atoms with Gasteiger partial charge < -0.3 is 9.47 Å². The lowest BCUT2D eigenvalue weighted by molar-refractivity contribution is -0.140. The first-order valence-corrected chi connectivity index (χ1v) is 8.96. The number of hydrogen-bond acceptors (Lipinski definition) is 3. The largest absolute Gasteiger partial charge is 0.469 e. The maximum Gasteiger partial charge on any atom is 0.305 e. The third-order valence-corrected chi connectivity index (χ3v) is 3.74. The number of hydrogen-bond donors (Lipinski definition) is 0. The fraction of sp³-hybridized carbons (Fsp3) is 0.571. The first-order valence-electron chi connectivity index (χ1n) is 8.96. The maximum atomic E-state index is 11.0. The second-order valence-electron chi connectivity index (χ2n) is 5.82. The highest BCUT2D eigenvalue weighted by molar-refractivity contribution is 5.68. The second kappa shape index (κ2) is 13.6. The van der Waals surface area contributed by atoms with Crippen LogP contribution in [0.1, 0.15) is 58.3 Å². The minimum Gasteiger partial charge on any atom is -0.469 e. The van der Waals surface area contributed by atoms with Crippen molar-refractivity contribution < 1.29 is 14.3 Å². The number of allylic oxidation sites excluding steroid dienone is 5. The van der Waals surface area contributed by atoms with Gasteiger partial charge in [-0.25, -0.2) is 0 Å². The standard InChI is InChI=1S/C21H30O3/c1-3-4-5-6-7-8-9-10-11-12-13-14-16-19-20(24-19)17-15-18-21(22)23-2/h10-14,16,19-20H,3-6,9,15,17-18H2,1-2H3/b11-10+,13-12+,16-14+/t19-,20-/m0/s1. The molecule has 0 radical (unpaired) electrons. The van der Waals surface area contributed by atoms with Crippen LogP contribution in [0.3, 0.4) is 0 Å². The summed E-state index contributed by atoms with van der Waals surface area (Å²) in [5.74, 6) is 6.20. The smallest absolute Gasteiger partial charge is 0.305 e. The number of unbranched alkanes of at least 4 members (excludes halogenated alkanes) is 3. The summed E-state index contributed by atoms with van der Waals surface area (Å²) in [6, 6.07) is 0. The molecule has 0 N–H and O–H groups in total. The highest BCUT2D eigenvalue weighted by atomic mass is 16.6. The van der Waals surface area contributed by atoms with E-state index >= 15 is 0 Å². The van der Waals surface area contributed by atoms with Gasteiger partial charge in [-0.1, -0.05) is 62.1 Å². The molecular weight excluding hydrogens is 300 g/mol. The first kappa shape index (κ1) is 20.3. The highest BCUT2D eigenvalue weighted by Crippen LogP contribution is 2.28. The summed E-state index contributed by atoms with van der Waals surface area (Å²) in [7, 11) is 1.42. The molecule has 1 fully saturated rings. The zero-order valence-corrected chi connectivity index (χ0v) is 15.0. The highest BCUT2D eigenvalue weighted by Gasteiger charge is 2.35. The van der Waals surface area contributed by atoms with E-state index in [0.717, 1.165) is 25.7 Å². The normalized spacial score (nSPS) is 19.8. The van der Waals surface area contributed by atoms with Crippen LogP contribution in [0.25, 0.3) is 0 Å². The molecule has 1 aliphatic rings. The van der Waals surface area contributed by atoms with Gasteiger partial charge in [0.2, 0.25) is 0 Å². The van der Waals surface area contributed by atoms with Gasteiger partial charge in [-0.05, 0) is 19.3 Å². The summed E-state index contributed by atoms with van der Waals surface area (Å²) >= 11 is 0. The Labute approximate surface area is 146 Å². The summed E-state index contributed by atoms with van der Waals surface area (Å²) in [4.78, 5) is 11.0. The lowest BCUT2D eigenvalue weighted by atomic mass is 10.1. The predicted molar refractivity (Wildman–Crippen MR) is 98.5 cm³/mol. The van der Waals surface area contributed by atoms with Crippen molar-refractivity contribution in [2.75, 3.05) is 7.11 Å². The molecule has 0 bridgehead atoms. The SMILES string of the molecule is CCCCCC#CC/C=C/C=C/C=C/[C@@H]1O[C@H]1CCCC(=O)OC. The quantitative estimate of drug-likeness (QED) is 0.181. The van der Waals surface area contributed by atoms with Crippen LogP contribution in [-0.4, -0.2) is 25.3 Å². The molecule has 1 rings (SSSR count). The molecule has 132 valence electrons. The molecule has 1 saturated heterocycles. The van der Waals surface area contributed by atoms with Crippen molar-refractivity contribution in [3.63, 3.8) is 0 Å². The fourth-order valence-corrected chi connectivity index (χ4v) is 2.24. The van der Waals surface area contributed by atoms with Crippen molar-refractivity contribution >= 4 is 5.97 Å². The van der Waals surface area contributed by atoms with Crippen molar-refractivity contribution in [3.05, 3.63) is 36.5 Å². The van der Waals surface area contributed by atoms with E-state index in [1.54, 1.807) is 0 Å². The van der Waals surface area contributed by atoms with E-state index in [-0.39, 0.29) is 18.2 Å². The molecule has 0 spiro atoms. The van der Waals surface area contributed by atoms with E-state index in [1.165, 1.54) is 26.4 Å². The van der Waals surface area contributed by atoms with Gasteiger partial charge in [-0.3, -0.25) is 4.79 Å². The molecule has 2 atom stereocenters. The Hall–Kier alpha value is -1.79. The minimum absolute atomic E-state index is 0.150. The predicted octanol–water partition coefficient (Wildman–Crippen LogP) is 4.74. The van der Waals surface area contributed by atoms with Gasteiger partial charge >= 0.3 is 5.97 Å². The van der Waals surface area contributed by atoms with Crippen LogP contribution in [-0.2, 0) is 14.3 Å². The molecule has 0 aromatic heterocycles. The molecule has 0 aromatic rings. The molecule has 0 saturated carbocycles. The average molecular weight is 330 g/mol. The van der Waals surface area contributed by atoms with Gasteiger partial charge in [0.15, 0.2) is 0 Å². The average Bonchev–Trinajstić information content (AvgIpc) is 3.34. The van der Waals surface area contributed by atoms with Crippen LogP contribution in [0.5, 0.6) is 0 Å². The van der Waals surface area contributed by atoms with E-state index < -0.39 is 0 Å². The van der Waals surface area contributed by atoms with Crippen molar-refractivity contribution in [2.24, 2.45) is 0 Å². The summed E-state index contributed by atoms with van der Waals surface area (Å²) in [6.07, 6.45) is 20.4. The molecule has 0 aromatic carbocycles. The van der Waals surface area contributed by atoms with Crippen LogP contribution < -0.4 is 0 Å². The Kier molecular flexibility index (Phi) is 11.5. The molecule has 1 heterocycles. The van der Waals surface area contributed by atoms with Gasteiger partial charge in [0.05, 0.1) is 13.2 Å². The Morgan fingerprint density at radius 2 is 1.96 bits per heavy atom. The van der Waals surface area contributed by atoms with Gasteiger partial charge in [-0.15, -0.1) is 5.92 Å². The Morgan fingerprint density at radius 3 is 2.75 bits per heavy atom. The summed E-state index contributed by atoms with van der Waals surface area (Å²) < 4.78 is 10.1. The van der Waals surface area contributed by atoms with E-state index in [1.807, 2.05) is 24.3 Å². The summed E-state index contributed by atoms with van der Waals surface area (Å²) in [5, 5.41) is 0. The third-order valence-electron chi connectivity index (χ3n) is 3.74. The number of esters is 1. The zero-order valence-electron chi connectivity index (χ0n) is 15.0. The zero-order chi connectivity index (χ0) is 17.5. The number of ether oxygens (including phenoxy) is 2. The number of methoxy groups -OCH3 is 1. The van der Waals surface area contributed by atoms with Crippen LogP contribution in [0.4, 0.5) is 0 Å². The van der Waals surface area contributed by atoms with Gasteiger partial charge in [0.1, 0.15) is 6.10 Å². The summed E-state index contributed by atoms with van der Waals surface area (Å²) in [6.45, 7) is 2.21. The van der Waals surface area contributed by atoms with Crippen LogP contribution in [0.2, 0.25) is 0 Å². The topological polar surface area (TPSA) is 38.8 Å². The first-order chi connectivity index (χ1) is 11.8. The maximum absolute atomic E-state index is 11.0. The Bertz CT molecular complexity index is 491. The molecule has 24 heavy (non-hydrogen) atoms. The lowest BCUT2D eigenvalue weighted by Gasteiger charge is -1.96. The minimum atomic E-state index is -0.150.